The Kier molecular flexibility index (Phi) is 4.96. The fraction of sp³-hybridized carbons (Fsp3) is 0.636. The number of carboxylic acids is 1. The second-order valence-corrected chi connectivity index (χ2v) is 8.94. The molecule has 6 atom stereocenters. The molecule has 6 unspecified atom stereocenters. The average Bonchev–Trinajstić information content (AvgIpc) is 2.90. The summed E-state index contributed by atoms with van der Waals surface area (Å²) >= 11 is 0. The summed E-state index contributed by atoms with van der Waals surface area (Å²) in [5.74, 6) is 0.134. The molecule has 152 valence electrons. The summed E-state index contributed by atoms with van der Waals surface area (Å²) < 4.78 is 5.31. The smallest absolute Gasteiger partial charge is 0.311 e. The number of carbonyl (C=O) groups excluding carboxylic acids is 1. The SMILES string of the molecule is CC12CCC3c4ccc(OC(=O)CCC(=O)O)cc4CCC3C1CC(O)C2O. The van der Waals surface area contributed by atoms with Crippen LogP contribution in [0.1, 0.15) is 62.5 Å². The third-order valence-corrected chi connectivity index (χ3v) is 7.45. The van der Waals surface area contributed by atoms with E-state index in [1.807, 2.05) is 12.1 Å². The van der Waals surface area contributed by atoms with Crippen molar-refractivity contribution in [3.05, 3.63) is 29.3 Å². The summed E-state index contributed by atoms with van der Waals surface area (Å²) in [4.78, 5) is 22.4. The zero-order chi connectivity index (χ0) is 20.1. The third-order valence-electron chi connectivity index (χ3n) is 7.45. The maximum Gasteiger partial charge on any atom is 0.311 e. The Bertz CT molecular complexity index is 789. The van der Waals surface area contributed by atoms with E-state index in [0.29, 0.717) is 29.9 Å². The summed E-state index contributed by atoms with van der Waals surface area (Å²) in [7, 11) is 0. The Hall–Kier alpha value is -1.92. The molecule has 6 heteroatoms. The molecule has 6 nitrogen and oxygen atoms in total. The van der Waals surface area contributed by atoms with Crippen molar-refractivity contribution in [2.75, 3.05) is 0 Å². The van der Waals surface area contributed by atoms with Crippen molar-refractivity contribution in [2.45, 2.75) is 70.0 Å². The fourth-order valence-electron chi connectivity index (χ4n) is 6.00. The van der Waals surface area contributed by atoms with Gasteiger partial charge >= 0.3 is 11.9 Å². The third kappa shape index (κ3) is 3.22. The van der Waals surface area contributed by atoms with Gasteiger partial charge in [0.25, 0.3) is 0 Å². The molecule has 2 saturated carbocycles. The zero-order valence-electron chi connectivity index (χ0n) is 16.1. The van der Waals surface area contributed by atoms with E-state index in [1.165, 1.54) is 11.1 Å². The van der Waals surface area contributed by atoms with Crippen molar-refractivity contribution in [1.82, 2.24) is 0 Å². The average molecular weight is 388 g/mol. The molecular weight excluding hydrogens is 360 g/mol. The summed E-state index contributed by atoms with van der Waals surface area (Å²) in [6.45, 7) is 2.13. The number of benzene rings is 1. The lowest BCUT2D eigenvalue weighted by Gasteiger charge is -2.49. The minimum atomic E-state index is -1.01. The van der Waals surface area contributed by atoms with Crippen LogP contribution in [0.4, 0.5) is 0 Å². The Morgan fingerprint density at radius 1 is 1.21 bits per heavy atom. The molecule has 4 rings (SSSR count). The highest BCUT2D eigenvalue weighted by Crippen LogP contribution is 2.60. The Morgan fingerprint density at radius 2 is 2.00 bits per heavy atom. The number of esters is 1. The molecule has 0 radical (unpaired) electrons. The molecule has 3 aliphatic rings. The van der Waals surface area contributed by atoms with E-state index >= 15 is 0 Å². The van der Waals surface area contributed by atoms with Gasteiger partial charge < -0.3 is 20.1 Å². The molecule has 2 fully saturated rings. The van der Waals surface area contributed by atoms with Gasteiger partial charge in [0, 0.05) is 0 Å². The highest BCUT2D eigenvalue weighted by Gasteiger charge is 2.57. The zero-order valence-corrected chi connectivity index (χ0v) is 16.1. The normalized spacial score (nSPS) is 36.2. The van der Waals surface area contributed by atoms with Crippen molar-refractivity contribution in [1.29, 1.82) is 0 Å². The number of hydrogen-bond acceptors (Lipinski definition) is 5. The van der Waals surface area contributed by atoms with Gasteiger partial charge in [0.1, 0.15) is 5.75 Å². The number of fused-ring (bicyclic) bond motifs is 5. The topological polar surface area (TPSA) is 104 Å². The van der Waals surface area contributed by atoms with Crippen LogP contribution in [-0.4, -0.2) is 39.5 Å². The van der Waals surface area contributed by atoms with Crippen molar-refractivity contribution in [2.24, 2.45) is 17.3 Å². The molecule has 1 aromatic carbocycles. The van der Waals surface area contributed by atoms with Crippen LogP contribution in [0.2, 0.25) is 0 Å². The number of aliphatic hydroxyl groups excluding tert-OH is 2. The van der Waals surface area contributed by atoms with Gasteiger partial charge in [-0.3, -0.25) is 9.59 Å². The second-order valence-electron chi connectivity index (χ2n) is 8.94. The van der Waals surface area contributed by atoms with Gasteiger partial charge in [-0.15, -0.1) is 0 Å². The summed E-state index contributed by atoms with van der Waals surface area (Å²) in [5.41, 5.74) is 2.28. The van der Waals surface area contributed by atoms with Crippen LogP contribution in [0.25, 0.3) is 0 Å². The van der Waals surface area contributed by atoms with E-state index in [9.17, 15) is 19.8 Å². The molecule has 0 spiro atoms. The van der Waals surface area contributed by atoms with Crippen LogP contribution in [0.3, 0.4) is 0 Å². The molecule has 3 N–H and O–H groups in total. The highest BCUT2D eigenvalue weighted by atomic mass is 16.5. The Morgan fingerprint density at radius 3 is 2.75 bits per heavy atom. The fourth-order valence-corrected chi connectivity index (χ4v) is 6.00. The van der Waals surface area contributed by atoms with Crippen molar-refractivity contribution < 1.29 is 29.6 Å². The van der Waals surface area contributed by atoms with E-state index in [1.54, 1.807) is 6.07 Å². The molecule has 0 saturated heterocycles. The molecular formula is C22H28O6. The van der Waals surface area contributed by atoms with Crippen LogP contribution in [0.5, 0.6) is 5.75 Å². The number of aryl methyl sites for hydroxylation is 1. The lowest BCUT2D eigenvalue weighted by molar-refractivity contribution is -0.142. The van der Waals surface area contributed by atoms with Gasteiger partial charge in [-0.05, 0) is 78.5 Å². The van der Waals surface area contributed by atoms with Crippen molar-refractivity contribution in [3.8, 4) is 5.75 Å². The molecule has 28 heavy (non-hydrogen) atoms. The predicted molar refractivity (Wildman–Crippen MR) is 101 cm³/mol. The van der Waals surface area contributed by atoms with E-state index < -0.39 is 24.1 Å². The standard InChI is InChI=1S/C22H28O6/c1-22-9-8-15-14-5-3-13(28-20(26)7-6-19(24)25)10-12(14)2-4-16(15)17(22)11-18(23)21(22)27/h3,5,10,15-18,21,23,27H,2,4,6-9,11H2,1H3,(H,24,25). The van der Waals surface area contributed by atoms with Crippen LogP contribution in [0, 0.1) is 17.3 Å². The van der Waals surface area contributed by atoms with E-state index in [0.717, 1.165) is 25.7 Å². The summed E-state index contributed by atoms with van der Waals surface area (Å²) in [5, 5.41) is 29.4. The van der Waals surface area contributed by atoms with E-state index in [2.05, 4.69) is 6.92 Å². The number of aliphatic hydroxyl groups is 2. The lowest BCUT2D eigenvalue weighted by atomic mass is 9.55. The number of aliphatic carboxylic acids is 1. The lowest BCUT2D eigenvalue weighted by Crippen LogP contribution is -2.44. The largest absolute Gasteiger partial charge is 0.481 e. The molecule has 0 heterocycles. The minimum absolute atomic E-state index is 0.137. The van der Waals surface area contributed by atoms with E-state index in [4.69, 9.17) is 9.84 Å². The number of rotatable bonds is 4. The summed E-state index contributed by atoms with van der Waals surface area (Å²) in [6, 6.07) is 5.75. The predicted octanol–water partition coefficient (Wildman–Crippen LogP) is 2.64. The first-order valence-electron chi connectivity index (χ1n) is 10.2. The maximum atomic E-state index is 11.8. The first-order valence-corrected chi connectivity index (χ1v) is 10.2. The number of ether oxygens (including phenoxy) is 1. The highest BCUT2D eigenvalue weighted by molar-refractivity contribution is 5.78. The van der Waals surface area contributed by atoms with Crippen LogP contribution in [-0.2, 0) is 16.0 Å². The van der Waals surface area contributed by atoms with Gasteiger partial charge in [-0.1, -0.05) is 13.0 Å². The van der Waals surface area contributed by atoms with Gasteiger partial charge in [-0.25, -0.2) is 0 Å². The van der Waals surface area contributed by atoms with Gasteiger partial charge in [0.15, 0.2) is 0 Å². The maximum absolute atomic E-state index is 11.8. The first-order chi connectivity index (χ1) is 13.3. The van der Waals surface area contributed by atoms with Crippen LogP contribution < -0.4 is 4.74 Å². The van der Waals surface area contributed by atoms with E-state index in [-0.39, 0.29) is 18.3 Å². The molecule has 0 aliphatic heterocycles. The molecule has 0 amide bonds. The first kappa shape index (κ1) is 19.4. The molecule has 1 aromatic rings. The summed E-state index contributed by atoms with van der Waals surface area (Å²) in [6.07, 6.45) is 2.84. The molecule has 0 aromatic heterocycles. The molecule has 0 bridgehead atoms. The van der Waals surface area contributed by atoms with Crippen molar-refractivity contribution >= 4 is 11.9 Å². The van der Waals surface area contributed by atoms with Gasteiger partial charge in [-0.2, -0.15) is 0 Å². The van der Waals surface area contributed by atoms with Crippen LogP contribution >= 0.6 is 0 Å². The number of carboxylic acid groups (broad SMARTS) is 1. The number of carbonyl (C=O) groups is 2. The Labute approximate surface area is 164 Å². The monoisotopic (exact) mass is 388 g/mol. The van der Waals surface area contributed by atoms with Crippen molar-refractivity contribution in [3.63, 3.8) is 0 Å². The molecule has 3 aliphatic carbocycles. The minimum Gasteiger partial charge on any atom is -0.481 e. The number of hydrogen-bond donors (Lipinski definition) is 3. The van der Waals surface area contributed by atoms with Gasteiger partial charge in [0.2, 0.25) is 0 Å². The van der Waals surface area contributed by atoms with Gasteiger partial charge in [0.05, 0.1) is 25.0 Å². The second kappa shape index (κ2) is 7.16. The quantitative estimate of drug-likeness (QED) is 0.541. The Balaban J connectivity index is 1.50. The van der Waals surface area contributed by atoms with Crippen LogP contribution in [0.15, 0.2) is 18.2 Å².